The van der Waals surface area contributed by atoms with Crippen molar-refractivity contribution in [1.82, 2.24) is 14.6 Å². The molecule has 0 saturated heterocycles. The van der Waals surface area contributed by atoms with Gasteiger partial charge in [0.15, 0.2) is 17.2 Å². The minimum absolute atomic E-state index is 0.216. The van der Waals surface area contributed by atoms with Crippen molar-refractivity contribution in [3.8, 4) is 6.07 Å². The van der Waals surface area contributed by atoms with Crippen molar-refractivity contribution in [2.45, 2.75) is 0 Å². The number of hydrogen-bond acceptors (Lipinski definition) is 4. The molecule has 2 aromatic heterocycles. The van der Waals surface area contributed by atoms with Crippen LogP contribution in [0.5, 0.6) is 0 Å². The lowest BCUT2D eigenvalue weighted by atomic mass is 10.5. The zero-order chi connectivity index (χ0) is 8.55. The molecule has 2 heterocycles. The van der Waals surface area contributed by atoms with Crippen LogP contribution in [0.15, 0.2) is 18.3 Å². The van der Waals surface area contributed by atoms with E-state index in [1.807, 2.05) is 6.07 Å². The zero-order valence-electron chi connectivity index (χ0n) is 6.10. The summed E-state index contributed by atoms with van der Waals surface area (Å²) in [6.45, 7) is 0. The van der Waals surface area contributed by atoms with Gasteiger partial charge in [-0.05, 0) is 12.1 Å². The van der Waals surface area contributed by atoms with Crippen LogP contribution >= 0.6 is 0 Å². The molecule has 2 aromatic rings. The summed E-state index contributed by atoms with van der Waals surface area (Å²) in [5, 5.41) is 12.5. The third kappa shape index (κ3) is 0.720. The van der Waals surface area contributed by atoms with E-state index >= 15 is 0 Å². The van der Waals surface area contributed by atoms with Crippen molar-refractivity contribution in [3.63, 3.8) is 0 Å². The molecule has 0 amide bonds. The molecule has 2 rings (SSSR count). The summed E-state index contributed by atoms with van der Waals surface area (Å²) in [6.07, 6.45) is 1.59. The number of nitriles is 1. The Morgan fingerprint density at radius 1 is 1.58 bits per heavy atom. The number of hydrogen-bond donors (Lipinski definition) is 1. The number of rotatable bonds is 0. The molecular weight excluding hydrogens is 154 g/mol. The van der Waals surface area contributed by atoms with Crippen LogP contribution in [0.25, 0.3) is 5.65 Å². The largest absolute Gasteiger partial charge is 0.381 e. The van der Waals surface area contributed by atoms with Gasteiger partial charge in [-0.1, -0.05) is 0 Å². The van der Waals surface area contributed by atoms with E-state index in [0.29, 0.717) is 5.65 Å². The Bertz CT molecular complexity index is 464. The quantitative estimate of drug-likeness (QED) is 0.594. The van der Waals surface area contributed by atoms with Crippen LogP contribution in [-0.4, -0.2) is 14.6 Å². The summed E-state index contributed by atoms with van der Waals surface area (Å²) < 4.78 is 1.43. The highest BCUT2D eigenvalue weighted by molar-refractivity contribution is 5.55. The second-order valence-corrected chi connectivity index (χ2v) is 2.25. The van der Waals surface area contributed by atoms with Crippen LogP contribution in [0.1, 0.15) is 5.69 Å². The van der Waals surface area contributed by atoms with Crippen molar-refractivity contribution in [1.29, 1.82) is 5.26 Å². The van der Waals surface area contributed by atoms with Crippen LogP contribution in [-0.2, 0) is 0 Å². The van der Waals surface area contributed by atoms with Gasteiger partial charge in [0.2, 0.25) is 0 Å². The van der Waals surface area contributed by atoms with Crippen LogP contribution in [0, 0.1) is 11.3 Å². The first-order chi connectivity index (χ1) is 5.83. The van der Waals surface area contributed by atoms with E-state index < -0.39 is 0 Å². The van der Waals surface area contributed by atoms with Gasteiger partial charge in [-0.3, -0.25) is 0 Å². The van der Waals surface area contributed by atoms with E-state index in [2.05, 4.69) is 10.1 Å². The molecule has 0 bridgehead atoms. The summed E-state index contributed by atoms with van der Waals surface area (Å²) in [4.78, 5) is 3.95. The van der Waals surface area contributed by atoms with Crippen molar-refractivity contribution in [2.75, 3.05) is 5.73 Å². The molecular formula is C7H5N5. The SMILES string of the molecule is N#Cc1nc2cccnn2c1N. The molecule has 0 unspecified atom stereocenters. The maximum Gasteiger partial charge on any atom is 0.185 e. The first kappa shape index (κ1) is 6.61. The van der Waals surface area contributed by atoms with Crippen LogP contribution < -0.4 is 5.73 Å². The Balaban J connectivity index is 2.90. The lowest BCUT2D eigenvalue weighted by Crippen LogP contribution is -1.96. The highest BCUT2D eigenvalue weighted by atomic mass is 15.3. The molecule has 12 heavy (non-hydrogen) atoms. The Morgan fingerprint density at radius 2 is 2.42 bits per heavy atom. The minimum atomic E-state index is 0.216. The normalized spacial score (nSPS) is 9.92. The van der Waals surface area contributed by atoms with Crippen molar-refractivity contribution in [2.24, 2.45) is 0 Å². The topological polar surface area (TPSA) is 80.0 Å². The number of nitrogen functional groups attached to an aromatic ring is 1. The van der Waals surface area contributed by atoms with Gasteiger partial charge in [0.1, 0.15) is 6.07 Å². The summed E-state index contributed by atoms with van der Waals surface area (Å²) >= 11 is 0. The lowest BCUT2D eigenvalue weighted by molar-refractivity contribution is 0.945. The molecule has 2 N–H and O–H groups in total. The first-order valence-electron chi connectivity index (χ1n) is 3.32. The van der Waals surface area contributed by atoms with Crippen LogP contribution in [0.2, 0.25) is 0 Å². The monoisotopic (exact) mass is 159 g/mol. The Hall–Kier alpha value is -2.09. The maximum absolute atomic E-state index is 8.59. The highest BCUT2D eigenvalue weighted by Crippen LogP contribution is 2.10. The Labute approximate surface area is 68.1 Å². The number of anilines is 1. The molecule has 0 atom stereocenters. The summed E-state index contributed by atoms with van der Waals surface area (Å²) in [7, 11) is 0. The third-order valence-corrected chi connectivity index (χ3v) is 1.53. The van der Waals surface area contributed by atoms with Crippen molar-refractivity contribution < 1.29 is 0 Å². The molecule has 0 aliphatic rings. The molecule has 0 aliphatic heterocycles. The van der Waals surface area contributed by atoms with Crippen molar-refractivity contribution >= 4 is 11.5 Å². The molecule has 0 radical (unpaired) electrons. The highest BCUT2D eigenvalue weighted by Gasteiger charge is 2.07. The van der Waals surface area contributed by atoms with E-state index in [1.54, 1.807) is 18.3 Å². The van der Waals surface area contributed by atoms with E-state index in [4.69, 9.17) is 11.0 Å². The van der Waals surface area contributed by atoms with E-state index in [9.17, 15) is 0 Å². The average molecular weight is 159 g/mol. The molecule has 0 saturated carbocycles. The molecule has 5 nitrogen and oxygen atoms in total. The summed E-state index contributed by atoms with van der Waals surface area (Å²) in [5.41, 5.74) is 6.37. The second-order valence-electron chi connectivity index (χ2n) is 2.25. The van der Waals surface area contributed by atoms with E-state index in [-0.39, 0.29) is 11.5 Å². The maximum atomic E-state index is 8.59. The van der Waals surface area contributed by atoms with Gasteiger partial charge in [-0.15, -0.1) is 0 Å². The Morgan fingerprint density at radius 3 is 3.08 bits per heavy atom. The second kappa shape index (κ2) is 2.20. The van der Waals surface area contributed by atoms with Gasteiger partial charge >= 0.3 is 0 Å². The van der Waals surface area contributed by atoms with Crippen molar-refractivity contribution in [3.05, 3.63) is 24.0 Å². The van der Waals surface area contributed by atoms with Gasteiger partial charge in [-0.2, -0.15) is 14.9 Å². The number of nitrogens with two attached hydrogens (primary N) is 1. The summed E-state index contributed by atoms with van der Waals surface area (Å²) in [5.74, 6) is 0.285. The fraction of sp³-hybridized carbons (Fsp3) is 0. The van der Waals surface area contributed by atoms with Gasteiger partial charge in [0.05, 0.1) is 0 Å². The minimum Gasteiger partial charge on any atom is -0.381 e. The third-order valence-electron chi connectivity index (χ3n) is 1.53. The smallest absolute Gasteiger partial charge is 0.185 e. The number of aromatic nitrogens is 3. The zero-order valence-corrected chi connectivity index (χ0v) is 6.10. The van der Waals surface area contributed by atoms with Crippen LogP contribution in [0.4, 0.5) is 5.82 Å². The summed E-state index contributed by atoms with van der Waals surface area (Å²) in [6, 6.07) is 5.37. The van der Waals surface area contributed by atoms with E-state index in [0.717, 1.165) is 0 Å². The predicted octanol–water partition coefficient (Wildman–Crippen LogP) is 0.183. The molecule has 0 fully saturated rings. The van der Waals surface area contributed by atoms with Gasteiger partial charge in [0, 0.05) is 6.20 Å². The fourth-order valence-electron chi connectivity index (χ4n) is 0.989. The number of nitrogens with zero attached hydrogens (tertiary/aromatic N) is 4. The van der Waals surface area contributed by atoms with Gasteiger partial charge in [0.25, 0.3) is 0 Å². The molecule has 58 valence electrons. The predicted molar refractivity (Wildman–Crippen MR) is 42.1 cm³/mol. The molecule has 5 heteroatoms. The Kier molecular flexibility index (Phi) is 1.21. The van der Waals surface area contributed by atoms with E-state index in [1.165, 1.54) is 4.52 Å². The van der Waals surface area contributed by atoms with Gasteiger partial charge < -0.3 is 5.73 Å². The lowest BCUT2D eigenvalue weighted by Gasteiger charge is -1.90. The standard InChI is InChI=1S/C7H5N5/c8-4-5-7(9)12-6(11-5)2-1-3-10-12/h1-3H,9H2. The first-order valence-corrected chi connectivity index (χ1v) is 3.32. The molecule has 0 spiro atoms. The number of imidazole rings is 1. The number of fused-ring (bicyclic) bond motifs is 1. The average Bonchev–Trinajstić information content (AvgIpc) is 2.44. The molecule has 0 aliphatic carbocycles. The fourth-order valence-corrected chi connectivity index (χ4v) is 0.989. The molecule has 0 aromatic carbocycles. The van der Waals surface area contributed by atoms with Crippen LogP contribution in [0.3, 0.4) is 0 Å². The van der Waals surface area contributed by atoms with Gasteiger partial charge in [-0.25, -0.2) is 4.98 Å².